The highest BCUT2D eigenvalue weighted by atomic mass is 16.3. The molecule has 6 nitrogen and oxygen atoms in total. The number of amides is 2. The number of nitrogens with one attached hydrogen (secondary N) is 2. The number of rotatable bonds is 6. The number of anilines is 1. The van der Waals surface area contributed by atoms with Gasteiger partial charge >= 0.3 is 6.03 Å². The molecule has 1 aromatic heterocycles. The highest BCUT2D eigenvalue weighted by Crippen LogP contribution is 2.18. The number of aromatic nitrogens is 1. The molecule has 0 unspecified atom stereocenters. The summed E-state index contributed by atoms with van der Waals surface area (Å²) in [4.78, 5) is 18.2. The minimum atomic E-state index is -0.210. The fourth-order valence-corrected chi connectivity index (χ4v) is 2.22. The van der Waals surface area contributed by atoms with Crippen LogP contribution in [0.5, 0.6) is 0 Å². The van der Waals surface area contributed by atoms with Crippen LogP contribution in [0.2, 0.25) is 0 Å². The second kappa shape index (κ2) is 7.69. The van der Waals surface area contributed by atoms with E-state index in [1.807, 2.05) is 12.1 Å². The molecule has 0 aromatic carbocycles. The van der Waals surface area contributed by atoms with Gasteiger partial charge < -0.3 is 20.6 Å². The van der Waals surface area contributed by atoms with Gasteiger partial charge in [0.2, 0.25) is 0 Å². The third-order valence-corrected chi connectivity index (χ3v) is 3.31. The first-order valence-electron chi connectivity index (χ1n) is 7.12. The topological polar surface area (TPSA) is 77.5 Å². The maximum absolute atomic E-state index is 11.5. The number of carbonyl (C=O) groups excluding carboxylic acids is 1. The van der Waals surface area contributed by atoms with E-state index in [0.29, 0.717) is 19.5 Å². The molecular weight excluding hydrogens is 256 g/mol. The summed E-state index contributed by atoms with van der Waals surface area (Å²) in [6, 6.07) is 3.73. The molecule has 6 heteroatoms. The van der Waals surface area contributed by atoms with Gasteiger partial charge in [0.05, 0.1) is 0 Å². The Balaban J connectivity index is 1.80. The van der Waals surface area contributed by atoms with Gasteiger partial charge in [0.25, 0.3) is 0 Å². The highest BCUT2D eigenvalue weighted by Gasteiger charge is 2.13. The highest BCUT2D eigenvalue weighted by molar-refractivity contribution is 5.73. The average Bonchev–Trinajstić information content (AvgIpc) is 3.00. The van der Waals surface area contributed by atoms with Gasteiger partial charge in [-0.15, -0.1) is 0 Å². The molecule has 0 radical (unpaired) electrons. The van der Waals surface area contributed by atoms with Gasteiger partial charge in [0.15, 0.2) is 0 Å². The largest absolute Gasteiger partial charge is 0.396 e. The number of hydrogen-bond donors (Lipinski definition) is 3. The number of urea groups is 1. The molecule has 1 fully saturated rings. The SMILES string of the molecule is O=C(NCCCO)NCc1ccnc(N2CCCC2)c1. The summed E-state index contributed by atoms with van der Waals surface area (Å²) in [6.45, 7) is 3.17. The fraction of sp³-hybridized carbons (Fsp3) is 0.571. The lowest BCUT2D eigenvalue weighted by Gasteiger charge is -2.17. The van der Waals surface area contributed by atoms with Gasteiger partial charge in [-0.3, -0.25) is 0 Å². The van der Waals surface area contributed by atoms with Crippen LogP contribution in [0.15, 0.2) is 18.3 Å². The van der Waals surface area contributed by atoms with Gasteiger partial charge in [-0.2, -0.15) is 0 Å². The monoisotopic (exact) mass is 278 g/mol. The van der Waals surface area contributed by atoms with Crippen molar-refractivity contribution in [2.24, 2.45) is 0 Å². The first kappa shape index (κ1) is 14.6. The van der Waals surface area contributed by atoms with Crippen LogP contribution in [0.25, 0.3) is 0 Å². The van der Waals surface area contributed by atoms with Gasteiger partial charge in [0, 0.05) is 39.0 Å². The van der Waals surface area contributed by atoms with Crippen LogP contribution in [-0.2, 0) is 6.54 Å². The van der Waals surface area contributed by atoms with Gasteiger partial charge in [-0.05, 0) is 37.0 Å². The Morgan fingerprint density at radius 2 is 2.15 bits per heavy atom. The molecule has 1 aromatic rings. The molecule has 1 aliphatic heterocycles. The molecule has 0 atom stereocenters. The van der Waals surface area contributed by atoms with Crippen molar-refractivity contribution in [2.75, 3.05) is 31.1 Å². The van der Waals surface area contributed by atoms with E-state index < -0.39 is 0 Å². The normalized spacial score (nSPS) is 14.3. The average molecular weight is 278 g/mol. The fourth-order valence-electron chi connectivity index (χ4n) is 2.22. The number of aliphatic hydroxyl groups is 1. The molecule has 0 aliphatic carbocycles. The third-order valence-electron chi connectivity index (χ3n) is 3.31. The summed E-state index contributed by atoms with van der Waals surface area (Å²) >= 11 is 0. The molecule has 1 saturated heterocycles. The van der Waals surface area contributed by atoms with E-state index >= 15 is 0 Å². The smallest absolute Gasteiger partial charge is 0.315 e. The van der Waals surface area contributed by atoms with Crippen molar-refractivity contribution in [3.8, 4) is 0 Å². The second-order valence-electron chi connectivity index (χ2n) is 4.90. The van der Waals surface area contributed by atoms with E-state index in [1.165, 1.54) is 12.8 Å². The van der Waals surface area contributed by atoms with E-state index in [9.17, 15) is 4.79 Å². The summed E-state index contributed by atoms with van der Waals surface area (Å²) in [5, 5.41) is 14.1. The Morgan fingerprint density at radius 3 is 2.90 bits per heavy atom. The molecule has 0 saturated carbocycles. The van der Waals surface area contributed by atoms with Crippen LogP contribution in [0.3, 0.4) is 0 Å². The van der Waals surface area contributed by atoms with Crippen molar-refractivity contribution in [3.63, 3.8) is 0 Å². The van der Waals surface area contributed by atoms with Crippen molar-refractivity contribution >= 4 is 11.8 Å². The Morgan fingerprint density at radius 1 is 1.35 bits per heavy atom. The molecule has 2 rings (SSSR count). The number of carbonyl (C=O) groups is 1. The maximum Gasteiger partial charge on any atom is 0.315 e. The standard InChI is InChI=1S/C14H22N4O2/c19-9-3-5-16-14(20)17-11-12-4-6-15-13(10-12)18-7-1-2-8-18/h4,6,10,19H,1-3,5,7-9,11H2,(H2,16,17,20). The number of hydrogen-bond acceptors (Lipinski definition) is 4. The Kier molecular flexibility index (Phi) is 5.61. The molecule has 2 heterocycles. The molecule has 20 heavy (non-hydrogen) atoms. The van der Waals surface area contributed by atoms with E-state index in [-0.39, 0.29) is 12.6 Å². The van der Waals surface area contributed by atoms with Crippen molar-refractivity contribution in [1.82, 2.24) is 15.6 Å². The molecule has 2 amide bonds. The van der Waals surface area contributed by atoms with Crippen LogP contribution >= 0.6 is 0 Å². The summed E-state index contributed by atoms with van der Waals surface area (Å²) in [5.74, 6) is 0.988. The van der Waals surface area contributed by atoms with Gasteiger partial charge in [-0.25, -0.2) is 9.78 Å². The van der Waals surface area contributed by atoms with E-state index in [0.717, 1.165) is 24.5 Å². The second-order valence-corrected chi connectivity index (χ2v) is 4.90. The lowest BCUT2D eigenvalue weighted by atomic mass is 10.2. The van der Waals surface area contributed by atoms with Crippen molar-refractivity contribution in [3.05, 3.63) is 23.9 Å². The number of aliphatic hydroxyl groups excluding tert-OH is 1. The molecule has 0 spiro atoms. The number of pyridine rings is 1. The van der Waals surface area contributed by atoms with Crippen molar-refractivity contribution in [2.45, 2.75) is 25.8 Å². The zero-order chi connectivity index (χ0) is 14.2. The van der Waals surface area contributed by atoms with Crippen molar-refractivity contribution in [1.29, 1.82) is 0 Å². The summed E-state index contributed by atoms with van der Waals surface area (Å²) in [7, 11) is 0. The quantitative estimate of drug-likeness (QED) is 0.675. The van der Waals surface area contributed by atoms with E-state index in [4.69, 9.17) is 5.11 Å². The predicted molar refractivity (Wildman–Crippen MR) is 77.6 cm³/mol. The van der Waals surface area contributed by atoms with Gasteiger partial charge in [0.1, 0.15) is 5.82 Å². The minimum absolute atomic E-state index is 0.0871. The van der Waals surface area contributed by atoms with Crippen LogP contribution in [-0.4, -0.2) is 42.4 Å². The summed E-state index contributed by atoms with van der Waals surface area (Å²) in [6.07, 6.45) is 4.80. The Hall–Kier alpha value is -1.82. The predicted octanol–water partition coefficient (Wildman–Crippen LogP) is 0.863. The molecule has 1 aliphatic rings. The van der Waals surface area contributed by atoms with Crippen LogP contribution in [0, 0.1) is 0 Å². The van der Waals surface area contributed by atoms with Crippen LogP contribution in [0.1, 0.15) is 24.8 Å². The Labute approximate surface area is 119 Å². The lowest BCUT2D eigenvalue weighted by molar-refractivity contribution is 0.237. The zero-order valence-electron chi connectivity index (χ0n) is 11.6. The first-order valence-corrected chi connectivity index (χ1v) is 7.12. The van der Waals surface area contributed by atoms with E-state index in [2.05, 4.69) is 20.5 Å². The molecule has 3 N–H and O–H groups in total. The minimum Gasteiger partial charge on any atom is -0.396 e. The van der Waals surface area contributed by atoms with Crippen LogP contribution in [0.4, 0.5) is 10.6 Å². The Bertz CT molecular complexity index is 433. The molecular formula is C14H22N4O2. The molecule has 0 bridgehead atoms. The van der Waals surface area contributed by atoms with E-state index in [1.54, 1.807) is 6.20 Å². The van der Waals surface area contributed by atoms with Gasteiger partial charge in [-0.1, -0.05) is 0 Å². The zero-order valence-corrected chi connectivity index (χ0v) is 11.6. The van der Waals surface area contributed by atoms with Crippen molar-refractivity contribution < 1.29 is 9.90 Å². The summed E-state index contributed by atoms with van der Waals surface area (Å²) in [5.41, 5.74) is 1.04. The maximum atomic E-state index is 11.5. The summed E-state index contributed by atoms with van der Waals surface area (Å²) < 4.78 is 0. The third kappa shape index (κ3) is 4.38. The molecule has 110 valence electrons. The van der Waals surface area contributed by atoms with Crippen LogP contribution < -0.4 is 15.5 Å². The lowest BCUT2D eigenvalue weighted by Crippen LogP contribution is -2.35. The first-order chi connectivity index (χ1) is 9.79. The number of nitrogens with zero attached hydrogens (tertiary/aromatic N) is 2.